The van der Waals surface area contributed by atoms with Gasteiger partial charge in [0.2, 0.25) is 11.8 Å². The van der Waals surface area contributed by atoms with Crippen LogP contribution < -0.4 is 16.0 Å². The zero-order chi connectivity index (χ0) is 17.1. The average Bonchev–Trinajstić information content (AvgIpc) is 2.99. The van der Waals surface area contributed by atoms with Crippen molar-refractivity contribution in [3.05, 3.63) is 54.1 Å². The molecule has 3 rings (SSSR count). The Morgan fingerprint density at radius 3 is 2.52 bits per heavy atom. The average molecular weight is 360 g/mol. The van der Waals surface area contributed by atoms with Gasteiger partial charge in [-0.15, -0.1) is 12.4 Å². The maximum Gasteiger partial charge on any atom is 0.229 e. The Hall–Kier alpha value is -2.53. The number of anilines is 3. The molecule has 2 aromatic rings. The molecule has 0 saturated carbocycles. The van der Waals surface area contributed by atoms with Crippen molar-refractivity contribution >= 4 is 41.3 Å². The minimum atomic E-state index is -0.372. The van der Waals surface area contributed by atoms with Gasteiger partial charge in [0.1, 0.15) is 0 Å². The van der Waals surface area contributed by atoms with Crippen LogP contribution in [0.3, 0.4) is 0 Å². The molecule has 1 aliphatic heterocycles. The Kier molecular flexibility index (Phi) is 6.04. The van der Waals surface area contributed by atoms with E-state index in [9.17, 15) is 9.59 Å². The smallest absolute Gasteiger partial charge is 0.229 e. The number of halogens is 1. The third-order valence-corrected chi connectivity index (χ3v) is 4.37. The van der Waals surface area contributed by atoms with Crippen LogP contribution in [0.4, 0.5) is 17.1 Å². The summed E-state index contributed by atoms with van der Waals surface area (Å²) in [5.41, 5.74) is 9.01. The number of para-hydroxylation sites is 2. The highest BCUT2D eigenvalue weighted by molar-refractivity contribution is 6.04. The number of nitrogens with one attached hydrogen (secondary N) is 1. The zero-order valence-corrected chi connectivity index (χ0v) is 14.9. The summed E-state index contributed by atoms with van der Waals surface area (Å²) in [6.07, 6.45) is 1.17. The molecular weight excluding hydrogens is 338 g/mol. The van der Waals surface area contributed by atoms with Crippen LogP contribution in [0.15, 0.2) is 48.5 Å². The molecule has 0 spiro atoms. The van der Waals surface area contributed by atoms with Crippen LogP contribution in [0, 0.1) is 5.92 Å². The minimum absolute atomic E-state index is 0. The molecule has 2 amide bonds. The molecule has 1 saturated heterocycles. The molecular formula is C19H22ClN3O2. The van der Waals surface area contributed by atoms with E-state index in [1.54, 1.807) is 17.0 Å². The van der Waals surface area contributed by atoms with E-state index in [1.165, 1.54) is 5.56 Å². The van der Waals surface area contributed by atoms with Crippen molar-refractivity contribution in [1.82, 2.24) is 0 Å². The Balaban J connectivity index is 0.00000225. The van der Waals surface area contributed by atoms with Gasteiger partial charge in [0.05, 0.1) is 17.3 Å². The van der Waals surface area contributed by atoms with E-state index in [-0.39, 0.29) is 36.6 Å². The number of nitrogens with zero attached hydrogens (tertiary/aromatic N) is 1. The number of hydrogen-bond donors (Lipinski definition) is 2. The van der Waals surface area contributed by atoms with E-state index in [0.717, 1.165) is 12.1 Å². The first-order chi connectivity index (χ1) is 11.6. The lowest BCUT2D eigenvalue weighted by atomic mass is 10.1. The second-order valence-corrected chi connectivity index (χ2v) is 6.00. The fraction of sp³-hybridized carbons (Fsp3) is 0.263. The lowest BCUT2D eigenvalue weighted by molar-refractivity contribution is -0.122. The van der Waals surface area contributed by atoms with Gasteiger partial charge in [0.25, 0.3) is 0 Å². The first-order valence-corrected chi connectivity index (χ1v) is 8.13. The normalized spacial score (nSPS) is 16.4. The molecule has 0 aliphatic carbocycles. The number of nitrogens with two attached hydrogens (primary N) is 1. The van der Waals surface area contributed by atoms with Gasteiger partial charge >= 0.3 is 0 Å². The zero-order valence-electron chi connectivity index (χ0n) is 14.1. The van der Waals surface area contributed by atoms with Crippen molar-refractivity contribution in [2.45, 2.75) is 19.8 Å². The summed E-state index contributed by atoms with van der Waals surface area (Å²) in [5.74, 6) is -0.572. The van der Waals surface area contributed by atoms with Crippen LogP contribution in [0.2, 0.25) is 0 Å². The van der Waals surface area contributed by atoms with Crippen molar-refractivity contribution < 1.29 is 9.59 Å². The third kappa shape index (κ3) is 4.12. The molecule has 25 heavy (non-hydrogen) atoms. The van der Waals surface area contributed by atoms with Gasteiger partial charge in [-0.05, 0) is 36.2 Å². The lowest BCUT2D eigenvalue weighted by Crippen LogP contribution is -2.28. The summed E-state index contributed by atoms with van der Waals surface area (Å²) >= 11 is 0. The molecule has 0 aromatic heterocycles. The van der Waals surface area contributed by atoms with Crippen LogP contribution in [-0.4, -0.2) is 18.4 Å². The molecule has 1 heterocycles. The summed E-state index contributed by atoms with van der Waals surface area (Å²) in [6.45, 7) is 2.48. The molecule has 132 valence electrons. The standard InChI is InChI=1S/C19H21N3O2.ClH/c1-2-13-7-9-15(10-8-13)22-12-14(11-18(22)23)19(24)21-17-6-4-3-5-16(17)20;/h3-10,14H,2,11-12,20H2,1H3,(H,21,24);1H. The van der Waals surface area contributed by atoms with Crippen molar-refractivity contribution in [1.29, 1.82) is 0 Å². The van der Waals surface area contributed by atoms with E-state index in [2.05, 4.69) is 12.2 Å². The second-order valence-electron chi connectivity index (χ2n) is 6.00. The third-order valence-electron chi connectivity index (χ3n) is 4.37. The van der Waals surface area contributed by atoms with E-state index in [0.29, 0.717) is 17.9 Å². The highest BCUT2D eigenvalue weighted by Crippen LogP contribution is 2.27. The Labute approximate surface area is 153 Å². The van der Waals surface area contributed by atoms with Gasteiger partial charge in [-0.3, -0.25) is 9.59 Å². The largest absolute Gasteiger partial charge is 0.397 e. The highest BCUT2D eigenvalue weighted by atomic mass is 35.5. The van der Waals surface area contributed by atoms with Crippen molar-refractivity contribution in [3.63, 3.8) is 0 Å². The quantitative estimate of drug-likeness (QED) is 0.823. The number of nitrogen functional groups attached to an aromatic ring is 1. The van der Waals surface area contributed by atoms with Crippen molar-refractivity contribution in [2.24, 2.45) is 5.92 Å². The maximum atomic E-state index is 12.4. The van der Waals surface area contributed by atoms with Crippen molar-refractivity contribution in [2.75, 3.05) is 22.5 Å². The molecule has 0 radical (unpaired) electrons. The summed E-state index contributed by atoms with van der Waals surface area (Å²) in [4.78, 5) is 26.4. The first-order valence-electron chi connectivity index (χ1n) is 8.13. The molecule has 6 heteroatoms. The van der Waals surface area contributed by atoms with Gasteiger partial charge in [-0.25, -0.2) is 0 Å². The number of amides is 2. The lowest BCUT2D eigenvalue weighted by Gasteiger charge is -2.17. The molecule has 0 bridgehead atoms. The summed E-state index contributed by atoms with van der Waals surface area (Å²) in [5, 5.41) is 2.82. The minimum Gasteiger partial charge on any atom is -0.397 e. The highest BCUT2D eigenvalue weighted by Gasteiger charge is 2.35. The van der Waals surface area contributed by atoms with Gasteiger partial charge in [-0.2, -0.15) is 0 Å². The molecule has 1 fully saturated rings. The van der Waals surface area contributed by atoms with E-state index in [1.807, 2.05) is 36.4 Å². The number of benzene rings is 2. The number of carbonyl (C=O) groups is 2. The number of carbonyl (C=O) groups excluding carboxylic acids is 2. The molecule has 1 atom stereocenters. The van der Waals surface area contributed by atoms with Crippen molar-refractivity contribution in [3.8, 4) is 0 Å². The maximum absolute atomic E-state index is 12.4. The Morgan fingerprint density at radius 1 is 1.20 bits per heavy atom. The van der Waals surface area contributed by atoms with E-state index >= 15 is 0 Å². The Morgan fingerprint density at radius 2 is 1.88 bits per heavy atom. The summed E-state index contributed by atoms with van der Waals surface area (Å²) < 4.78 is 0. The number of aryl methyl sites for hydroxylation is 1. The number of hydrogen-bond acceptors (Lipinski definition) is 3. The summed E-state index contributed by atoms with van der Waals surface area (Å²) in [6, 6.07) is 15.0. The fourth-order valence-corrected chi connectivity index (χ4v) is 2.89. The first kappa shape index (κ1) is 18.8. The fourth-order valence-electron chi connectivity index (χ4n) is 2.89. The van der Waals surface area contributed by atoms with Gasteiger partial charge in [0.15, 0.2) is 0 Å². The Bertz CT molecular complexity index is 762. The predicted octanol–water partition coefficient (Wildman–Crippen LogP) is 3.24. The van der Waals surface area contributed by atoms with Gasteiger partial charge in [0, 0.05) is 18.7 Å². The monoisotopic (exact) mass is 359 g/mol. The predicted molar refractivity (Wildman–Crippen MR) is 103 cm³/mol. The topological polar surface area (TPSA) is 75.4 Å². The van der Waals surface area contributed by atoms with E-state index < -0.39 is 0 Å². The second kappa shape index (κ2) is 8.03. The van der Waals surface area contributed by atoms with Crippen LogP contribution in [0.5, 0.6) is 0 Å². The molecule has 5 nitrogen and oxygen atoms in total. The van der Waals surface area contributed by atoms with Crippen LogP contribution in [-0.2, 0) is 16.0 Å². The van der Waals surface area contributed by atoms with E-state index in [4.69, 9.17) is 5.73 Å². The van der Waals surface area contributed by atoms with Crippen LogP contribution >= 0.6 is 12.4 Å². The molecule has 3 N–H and O–H groups in total. The van der Waals surface area contributed by atoms with Crippen LogP contribution in [0.1, 0.15) is 18.9 Å². The molecule has 1 aliphatic rings. The van der Waals surface area contributed by atoms with Gasteiger partial charge < -0.3 is 16.0 Å². The van der Waals surface area contributed by atoms with Gasteiger partial charge in [-0.1, -0.05) is 31.2 Å². The molecule has 2 aromatic carbocycles. The number of rotatable bonds is 4. The summed E-state index contributed by atoms with van der Waals surface area (Å²) in [7, 11) is 0. The SMILES string of the molecule is CCc1ccc(N2CC(C(=O)Nc3ccccc3N)CC2=O)cc1.Cl. The molecule has 1 unspecified atom stereocenters. The van der Waals surface area contributed by atoms with Crippen LogP contribution in [0.25, 0.3) is 0 Å².